The Bertz CT molecular complexity index is 1650. The Kier molecular flexibility index (Phi) is 10.0. The number of benzene rings is 2. The first-order valence-corrected chi connectivity index (χ1v) is 14.5. The van der Waals surface area contributed by atoms with Crippen LogP contribution in [0.1, 0.15) is 53.0 Å². The highest BCUT2D eigenvalue weighted by atomic mass is 16.6. The Morgan fingerprint density at radius 3 is 2.30 bits per heavy atom. The van der Waals surface area contributed by atoms with E-state index in [1.807, 2.05) is 43.3 Å². The summed E-state index contributed by atoms with van der Waals surface area (Å²) in [5, 5.41) is 2.52. The molecule has 0 radical (unpaired) electrons. The molecule has 10 heteroatoms. The quantitative estimate of drug-likeness (QED) is 0.236. The molecule has 2 amide bonds. The van der Waals surface area contributed by atoms with Crippen LogP contribution in [-0.4, -0.2) is 45.3 Å². The number of nitrogens with one attached hydrogen (secondary N) is 1. The second-order valence-corrected chi connectivity index (χ2v) is 11.3. The Balaban J connectivity index is 1.65. The number of Topliss-reactive ketones (excluding diaryl/α,β-unsaturated/α-hetero) is 1. The molecule has 0 spiro atoms. The summed E-state index contributed by atoms with van der Waals surface area (Å²) < 4.78 is 6.84. The molecule has 228 valence electrons. The Morgan fingerprint density at radius 2 is 1.66 bits per heavy atom. The van der Waals surface area contributed by atoms with Crippen molar-refractivity contribution in [2.75, 3.05) is 16.8 Å². The lowest BCUT2D eigenvalue weighted by molar-refractivity contribution is -0.131. The van der Waals surface area contributed by atoms with Gasteiger partial charge in [-0.2, -0.15) is 0 Å². The highest BCUT2D eigenvalue weighted by Gasteiger charge is 2.27. The van der Waals surface area contributed by atoms with Crippen molar-refractivity contribution in [1.82, 2.24) is 9.55 Å². The van der Waals surface area contributed by atoms with Crippen LogP contribution in [0, 0.1) is 0 Å². The molecule has 10 nitrogen and oxygen atoms in total. The minimum atomic E-state index is -0.781. The van der Waals surface area contributed by atoms with Gasteiger partial charge >= 0.3 is 6.09 Å². The molecular formula is C34H36N4O6. The van der Waals surface area contributed by atoms with E-state index in [1.54, 1.807) is 51.1 Å². The summed E-state index contributed by atoms with van der Waals surface area (Å²) >= 11 is 0. The van der Waals surface area contributed by atoms with E-state index in [4.69, 9.17) is 4.74 Å². The van der Waals surface area contributed by atoms with Gasteiger partial charge in [0.25, 0.3) is 5.56 Å². The average Bonchev–Trinajstić information content (AvgIpc) is 2.99. The second-order valence-electron chi connectivity index (χ2n) is 11.3. The van der Waals surface area contributed by atoms with Gasteiger partial charge in [0, 0.05) is 29.3 Å². The average molecular weight is 597 g/mol. The number of allylic oxidation sites excluding steroid dienone is 3. The maximum Gasteiger partial charge on any atom is 0.412 e. The minimum absolute atomic E-state index is 0.0308. The number of nitrogens with zero attached hydrogens (tertiary/aromatic N) is 3. The van der Waals surface area contributed by atoms with Crippen molar-refractivity contribution < 1.29 is 23.9 Å². The molecule has 3 aromatic rings. The van der Waals surface area contributed by atoms with E-state index in [1.165, 1.54) is 27.8 Å². The van der Waals surface area contributed by atoms with Gasteiger partial charge in [-0.15, -0.1) is 0 Å². The standard InChI is InChI=1S/C34H36N4O6/c1-5-25(19-20-29(40)37(26-16-10-7-11-17-26)22-24-15-12-18-28(39)30(24)41)38-31(23-13-8-6-9-14-23)35-21-27(32(38)42)36-33(43)44-34(2,3)4/h6-18,21,25H,5,19-20,22H2,1-4H3,(H,36,43). The third-order valence-corrected chi connectivity index (χ3v) is 6.95. The molecule has 1 aromatic heterocycles. The molecule has 0 fully saturated rings. The predicted octanol–water partition coefficient (Wildman–Crippen LogP) is 5.66. The maximum atomic E-state index is 13.9. The topological polar surface area (TPSA) is 128 Å². The molecule has 0 aliphatic heterocycles. The van der Waals surface area contributed by atoms with Crippen molar-refractivity contribution in [3.05, 3.63) is 101 Å². The number of para-hydroxylation sites is 1. The third-order valence-electron chi connectivity index (χ3n) is 6.95. The van der Waals surface area contributed by atoms with E-state index < -0.39 is 34.9 Å². The van der Waals surface area contributed by atoms with Crippen molar-refractivity contribution in [3.63, 3.8) is 0 Å². The summed E-state index contributed by atoms with van der Waals surface area (Å²) in [6, 6.07) is 17.6. The molecule has 44 heavy (non-hydrogen) atoms. The monoisotopic (exact) mass is 596 g/mol. The van der Waals surface area contributed by atoms with Crippen molar-refractivity contribution >= 4 is 34.9 Å². The molecule has 0 saturated heterocycles. The van der Waals surface area contributed by atoms with Crippen LogP contribution >= 0.6 is 0 Å². The Labute approximate surface area is 256 Å². The molecule has 1 unspecified atom stereocenters. The zero-order valence-corrected chi connectivity index (χ0v) is 25.3. The first-order valence-electron chi connectivity index (χ1n) is 14.5. The van der Waals surface area contributed by atoms with Crippen LogP contribution < -0.4 is 15.8 Å². The van der Waals surface area contributed by atoms with Gasteiger partial charge in [-0.1, -0.05) is 67.6 Å². The number of ether oxygens (including phenoxy) is 1. The SMILES string of the molecule is CCC(CCC(=O)N(CC1=CC=CC(=O)C1=O)c1ccccc1)n1c(-c2ccccc2)ncc(NC(=O)OC(C)(C)C)c1=O. The lowest BCUT2D eigenvalue weighted by Crippen LogP contribution is -2.37. The zero-order chi connectivity index (χ0) is 31.9. The zero-order valence-electron chi connectivity index (χ0n) is 25.3. The fourth-order valence-electron chi connectivity index (χ4n) is 4.84. The van der Waals surface area contributed by atoms with Gasteiger partial charge in [-0.3, -0.25) is 29.1 Å². The number of hydrogen-bond acceptors (Lipinski definition) is 7. The molecule has 0 bridgehead atoms. The number of carbonyl (C=O) groups excluding carboxylic acids is 4. The Hall–Kier alpha value is -5.12. The molecule has 1 aliphatic carbocycles. The van der Waals surface area contributed by atoms with Crippen LogP contribution in [0.3, 0.4) is 0 Å². The van der Waals surface area contributed by atoms with Crippen LogP contribution in [0.5, 0.6) is 0 Å². The number of ketones is 2. The smallest absolute Gasteiger partial charge is 0.412 e. The first kappa shape index (κ1) is 31.8. The predicted molar refractivity (Wildman–Crippen MR) is 168 cm³/mol. The maximum absolute atomic E-state index is 13.9. The molecule has 4 rings (SSSR count). The molecular weight excluding hydrogens is 560 g/mol. The third kappa shape index (κ3) is 7.83. The Morgan fingerprint density at radius 1 is 1.00 bits per heavy atom. The normalized spacial score (nSPS) is 13.7. The second kappa shape index (κ2) is 13.9. The number of aromatic nitrogens is 2. The summed E-state index contributed by atoms with van der Waals surface area (Å²) in [6.45, 7) is 7.00. The number of carbonyl (C=O) groups is 4. The van der Waals surface area contributed by atoms with E-state index >= 15 is 0 Å². The fourth-order valence-corrected chi connectivity index (χ4v) is 4.84. The highest BCUT2D eigenvalue weighted by molar-refractivity contribution is 6.48. The van der Waals surface area contributed by atoms with Gasteiger partial charge in [0.1, 0.15) is 17.1 Å². The lowest BCUT2D eigenvalue weighted by atomic mass is 10.0. The van der Waals surface area contributed by atoms with E-state index in [0.717, 1.165) is 0 Å². The number of amides is 2. The van der Waals surface area contributed by atoms with Crippen LogP contribution in [0.2, 0.25) is 0 Å². The van der Waals surface area contributed by atoms with Crippen molar-refractivity contribution in [2.45, 2.75) is 58.6 Å². The first-order chi connectivity index (χ1) is 21.0. The van der Waals surface area contributed by atoms with Gasteiger partial charge in [0.05, 0.1) is 12.7 Å². The van der Waals surface area contributed by atoms with Gasteiger partial charge < -0.3 is 9.64 Å². The van der Waals surface area contributed by atoms with Gasteiger partial charge in [0.15, 0.2) is 0 Å². The van der Waals surface area contributed by atoms with Gasteiger partial charge in [0.2, 0.25) is 17.5 Å². The molecule has 1 atom stereocenters. The highest BCUT2D eigenvalue weighted by Crippen LogP contribution is 2.27. The molecule has 1 N–H and O–H groups in total. The summed E-state index contributed by atoms with van der Waals surface area (Å²) in [5.41, 5.74) is 0.203. The van der Waals surface area contributed by atoms with Crippen LogP contribution in [0.15, 0.2) is 95.5 Å². The van der Waals surface area contributed by atoms with E-state index in [0.29, 0.717) is 23.5 Å². The molecule has 0 saturated carbocycles. The molecule has 2 aromatic carbocycles. The van der Waals surface area contributed by atoms with Crippen molar-refractivity contribution in [3.8, 4) is 11.4 Å². The largest absolute Gasteiger partial charge is 0.444 e. The molecule has 1 aliphatic rings. The van der Waals surface area contributed by atoms with Crippen LogP contribution in [0.25, 0.3) is 11.4 Å². The van der Waals surface area contributed by atoms with E-state index in [2.05, 4.69) is 10.3 Å². The number of hydrogen-bond donors (Lipinski definition) is 1. The summed E-state index contributed by atoms with van der Waals surface area (Å²) in [7, 11) is 0. The summed E-state index contributed by atoms with van der Waals surface area (Å²) in [6.07, 6.45) is 5.56. The lowest BCUT2D eigenvalue weighted by Gasteiger charge is -2.26. The minimum Gasteiger partial charge on any atom is -0.444 e. The number of rotatable bonds is 10. The fraction of sp³-hybridized carbons (Fsp3) is 0.294. The van der Waals surface area contributed by atoms with Crippen LogP contribution in [-0.2, 0) is 19.1 Å². The van der Waals surface area contributed by atoms with E-state index in [9.17, 15) is 24.0 Å². The summed E-state index contributed by atoms with van der Waals surface area (Å²) in [5.74, 6) is -1.16. The van der Waals surface area contributed by atoms with E-state index in [-0.39, 0.29) is 36.6 Å². The number of anilines is 2. The van der Waals surface area contributed by atoms with Crippen LogP contribution in [0.4, 0.5) is 16.2 Å². The summed E-state index contributed by atoms with van der Waals surface area (Å²) in [4.78, 5) is 70.7. The van der Waals surface area contributed by atoms with Crippen molar-refractivity contribution in [2.24, 2.45) is 0 Å². The van der Waals surface area contributed by atoms with Gasteiger partial charge in [-0.05, 0) is 51.8 Å². The van der Waals surface area contributed by atoms with Crippen molar-refractivity contribution in [1.29, 1.82) is 0 Å². The molecule has 1 heterocycles. The van der Waals surface area contributed by atoms with Gasteiger partial charge in [-0.25, -0.2) is 9.78 Å².